The maximum atomic E-state index is 12.2. The van der Waals surface area contributed by atoms with Crippen molar-refractivity contribution in [3.8, 4) is 0 Å². The van der Waals surface area contributed by atoms with Gasteiger partial charge in [-0.1, -0.05) is 5.16 Å². The van der Waals surface area contributed by atoms with Gasteiger partial charge < -0.3 is 18.6 Å². The predicted molar refractivity (Wildman–Crippen MR) is 64.5 cm³/mol. The molecule has 0 unspecified atom stereocenters. The molecular weight excluding hydrogens is 248 g/mol. The number of aromatic nitrogens is 1. The van der Waals surface area contributed by atoms with E-state index in [0.29, 0.717) is 25.4 Å². The molecule has 0 spiro atoms. The number of hydrogen-bond donors (Lipinski definition) is 0. The van der Waals surface area contributed by atoms with Crippen LogP contribution >= 0.6 is 0 Å². The van der Waals surface area contributed by atoms with E-state index in [9.17, 15) is 4.79 Å². The minimum Gasteiger partial charge on any atom is -0.467 e. The standard InChI is InChI=1S/C13H14N2O4/c1-9-7-11(19-14-9)13(16)15-4-6-18-12(8-15)10-3-2-5-17-10/h2-3,5,7,12H,4,6,8H2,1H3/t12-/m1/s1. The minimum absolute atomic E-state index is 0.166. The van der Waals surface area contributed by atoms with E-state index in [-0.39, 0.29) is 17.8 Å². The Balaban J connectivity index is 1.73. The highest BCUT2D eigenvalue weighted by atomic mass is 16.5. The Morgan fingerprint density at radius 1 is 1.53 bits per heavy atom. The number of morpholine rings is 1. The zero-order valence-electron chi connectivity index (χ0n) is 10.5. The first kappa shape index (κ1) is 12.0. The van der Waals surface area contributed by atoms with Gasteiger partial charge in [0.05, 0.1) is 25.1 Å². The van der Waals surface area contributed by atoms with Crippen molar-refractivity contribution in [3.05, 3.63) is 41.7 Å². The highest BCUT2D eigenvalue weighted by Gasteiger charge is 2.29. The molecule has 1 atom stereocenters. The summed E-state index contributed by atoms with van der Waals surface area (Å²) < 4.78 is 15.9. The lowest BCUT2D eigenvalue weighted by Gasteiger charge is -2.31. The highest BCUT2D eigenvalue weighted by molar-refractivity contribution is 5.91. The number of furan rings is 1. The van der Waals surface area contributed by atoms with Crippen molar-refractivity contribution in [1.29, 1.82) is 0 Å². The van der Waals surface area contributed by atoms with Gasteiger partial charge >= 0.3 is 0 Å². The zero-order chi connectivity index (χ0) is 13.2. The number of carbonyl (C=O) groups excluding carboxylic acids is 1. The van der Waals surface area contributed by atoms with Gasteiger partial charge in [0.15, 0.2) is 0 Å². The average Bonchev–Trinajstić information content (AvgIpc) is 3.09. The summed E-state index contributed by atoms with van der Waals surface area (Å²) in [5.41, 5.74) is 0.694. The molecule has 3 rings (SSSR count). The summed E-state index contributed by atoms with van der Waals surface area (Å²) in [6.45, 7) is 3.25. The highest BCUT2D eigenvalue weighted by Crippen LogP contribution is 2.23. The molecule has 100 valence electrons. The predicted octanol–water partition coefficient (Wildman–Crippen LogP) is 1.79. The van der Waals surface area contributed by atoms with E-state index >= 15 is 0 Å². The number of amides is 1. The van der Waals surface area contributed by atoms with Gasteiger partial charge in [0.25, 0.3) is 5.91 Å². The van der Waals surface area contributed by atoms with E-state index in [1.165, 1.54) is 0 Å². The van der Waals surface area contributed by atoms with Crippen LogP contribution in [-0.2, 0) is 4.74 Å². The van der Waals surface area contributed by atoms with Crippen LogP contribution < -0.4 is 0 Å². The molecule has 1 fully saturated rings. The van der Waals surface area contributed by atoms with Crippen molar-refractivity contribution in [3.63, 3.8) is 0 Å². The Morgan fingerprint density at radius 3 is 3.11 bits per heavy atom. The summed E-state index contributed by atoms with van der Waals surface area (Å²) in [5, 5.41) is 3.73. The summed E-state index contributed by atoms with van der Waals surface area (Å²) in [4.78, 5) is 13.9. The van der Waals surface area contributed by atoms with Crippen LogP contribution in [0, 0.1) is 6.92 Å². The smallest absolute Gasteiger partial charge is 0.292 e. The summed E-state index contributed by atoms with van der Waals surface area (Å²) in [6.07, 6.45) is 1.37. The third-order valence-corrected chi connectivity index (χ3v) is 3.05. The molecule has 3 heterocycles. The molecule has 1 saturated heterocycles. The van der Waals surface area contributed by atoms with E-state index in [1.54, 1.807) is 30.2 Å². The molecule has 0 radical (unpaired) electrons. The lowest BCUT2D eigenvalue weighted by Crippen LogP contribution is -2.42. The van der Waals surface area contributed by atoms with Crippen molar-refractivity contribution in [2.75, 3.05) is 19.7 Å². The fourth-order valence-electron chi connectivity index (χ4n) is 2.10. The first-order chi connectivity index (χ1) is 9.24. The van der Waals surface area contributed by atoms with Crippen LogP contribution in [-0.4, -0.2) is 35.7 Å². The van der Waals surface area contributed by atoms with E-state index in [2.05, 4.69) is 5.16 Å². The van der Waals surface area contributed by atoms with Gasteiger partial charge in [-0.2, -0.15) is 0 Å². The molecule has 19 heavy (non-hydrogen) atoms. The van der Waals surface area contributed by atoms with Crippen LogP contribution in [0.5, 0.6) is 0 Å². The number of rotatable bonds is 2. The largest absolute Gasteiger partial charge is 0.467 e. The van der Waals surface area contributed by atoms with Crippen LogP contribution in [0.4, 0.5) is 0 Å². The number of aryl methyl sites for hydroxylation is 1. The number of carbonyl (C=O) groups is 1. The maximum Gasteiger partial charge on any atom is 0.292 e. The topological polar surface area (TPSA) is 68.7 Å². The first-order valence-electron chi connectivity index (χ1n) is 6.11. The molecular formula is C13H14N2O4. The second kappa shape index (κ2) is 4.89. The molecule has 1 amide bonds. The minimum atomic E-state index is -0.225. The van der Waals surface area contributed by atoms with Gasteiger partial charge in [-0.05, 0) is 19.1 Å². The zero-order valence-corrected chi connectivity index (χ0v) is 10.5. The second-order valence-corrected chi connectivity index (χ2v) is 4.46. The molecule has 1 aliphatic rings. The lowest BCUT2D eigenvalue weighted by atomic mass is 10.2. The Kier molecular flexibility index (Phi) is 3.08. The van der Waals surface area contributed by atoms with E-state index in [4.69, 9.17) is 13.7 Å². The van der Waals surface area contributed by atoms with Crippen molar-refractivity contribution < 1.29 is 18.5 Å². The van der Waals surface area contributed by atoms with Crippen LogP contribution in [0.15, 0.2) is 33.4 Å². The van der Waals surface area contributed by atoms with E-state index in [1.807, 2.05) is 6.07 Å². The Bertz CT molecular complexity index is 561. The van der Waals surface area contributed by atoms with Gasteiger partial charge in [0.2, 0.25) is 5.76 Å². The van der Waals surface area contributed by atoms with Crippen molar-refractivity contribution in [1.82, 2.24) is 10.1 Å². The molecule has 0 saturated carbocycles. The number of ether oxygens (including phenoxy) is 1. The molecule has 0 N–H and O–H groups in total. The molecule has 0 bridgehead atoms. The molecule has 2 aromatic rings. The third-order valence-electron chi connectivity index (χ3n) is 3.05. The van der Waals surface area contributed by atoms with Crippen molar-refractivity contribution >= 4 is 5.91 Å². The quantitative estimate of drug-likeness (QED) is 0.825. The monoisotopic (exact) mass is 262 g/mol. The van der Waals surface area contributed by atoms with Gasteiger partial charge in [-0.3, -0.25) is 4.79 Å². The van der Waals surface area contributed by atoms with Gasteiger partial charge in [-0.25, -0.2) is 0 Å². The molecule has 6 heteroatoms. The van der Waals surface area contributed by atoms with E-state index in [0.717, 1.165) is 5.76 Å². The normalized spacial score (nSPS) is 19.6. The van der Waals surface area contributed by atoms with Crippen LogP contribution in [0.2, 0.25) is 0 Å². The average molecular weight is 262 g/mol. The summed E-state index contributed by atoms with van der Waals surface area (Å²) in [6, 6.07) is 5.29. The third kappa shape index (κ3) is 2.39. The first-order valence-corrected chi connectivity index (χ1v) is 6.11. The van der Waals surface area contributed by atoms with Crippen molar-refractivity contribution in [2.24, 2.45) is 0 Å². The molecule has 1 aliphatic heterocycles. The molecule has 0 aliphatic carbocycles. The maximum absolute atomic E-state index is 12.2. The Hall–Kier alpha value is -2.08. The summed E-state index contributed by atoms with van der Waals surface area (Å²) in [7, 11) is 0. The molecule has 6 nitrogen and oxygen atoms in total. The van der Waals surface area contributed by atoms with Gasteiger partial charge in [0, 0.05) is 12.6 Å². The fraction of sp³-hybridized carbons (Fsp3) is 0.385. The number of nitrogens with zero attached hydrogens (tertiary/aromatic N) is 2. The Morgan fingerprint density at radius 2 is 2.42 bits per heavy atom. The Labute approximate surface area is 109 Å². The van der Waals surface area contributed by atoms with Crippen LogP contribution in [0.3, 0.4) is 0 Å². The second-order valence-electron chi connectivity index (χ2n) is 4.46. The van der Waals surface area contributed by atoms with Gasteiger partial charge in [-0.15, -0.1) is 0 Å². The van der Waals surface area contributed by atoms with Crippen molar-refractivity contribution in [2.45, 2.75) is 13.0 Å². The molecule has 0 aromatic carbocycles. The summed E-state index contributed by atoms with van der Waals surface area (Å²) in [5.74, 6) is 0.823. The molecule has 2 aromatic heterocycles. The lowest BCUT2D eigenvalue weighted by molar-refractivity contribution is -0.0331. The summed E-state index contributed by atoms with van der Waals surface area (Å²) >= 11 is 0. The van der Waals surface area contributed by atoms with Gasteiger partial charge in [0.1, 0.15) is 11.9 Å². The SMILES string of the molecule is Cc1cc(C(=O)N2CCO[C@@H](c3ccco3)C2)on1. The fourth-order valence-corrected chi connectivity index (χ4v) is 2.10. The number of hydrogen-bond acceptors (Lipinski definition) is 5. The van der Waals surface area contributed by atoms with Crippen LogP contribution in [0.1, 0.15) is 28.1 Å². The van der Waals surface area contributed by atoms with Crippen LogP contribution in [0.25, 0.3) is 0 Å². The van der Waals surface area contributed by atoms with E-state index < -0.39 is 0 Å².